The summed E-state index contributed by atoms with van der Waals surface area (Å²) in [6.45, 7) is 7.44. The molecule has 1 amide bonds. The van der Waals surface area contributed by atoms with Gasteiger partial charge in [0.05, 0.1) is 0 Å². The van der Waals surface area contributed by atoms with Crippen LogP contribution < -0.4 is 16.0 Å². The molecule has 7 heteroatoms. The molecular formula is C14H25N5OS. The lowest BCUT2D eigenvalue weighted by Crippen LogP contribution is -2.33. The Morgan fingerprint density at radius 3 is 2.52 bits per heavy atom. The second-order valence-corrected chi connectivity index (χ2v) is 5.48. The van der Waals surface area contributed by atoms with Crippen molar-refractivity contribution >= 4 is 29.3 Å². The molecule has 118 valence electrons. The maximum absolute atomic E-state index is 11.7. The zero-order chi connectivity index (χ0) is 15.7. The van der Waals surface area contributed by atoms with Crippen LogP contribution in [0.15, 0.2) is 11.2 Å². The van der Waals surface area contributed by atoms with Crippen molar-refractivity contribution in [3.8, 4) is 0 Å². The molecule has 0 aliphatic rings. The minimum absolute atomic E-state index is 0.0582. The van der Waals surface area contributed by atoms with Crippen molar-refractivity contribution in [3.63, 3.8) is 0 Å². The average Bonchev–Trinajstić information content (AvgIpc) is 2.47. The maximum Gasteiger partial charge on any atom is 0.221 e. The largest absolute Gasteiger partial charge is 0.370 e. The molecule has 3 N–H and O–H groups in total. The van der Waals surface area contributed by atoms with E-state index < -0.39 is 0 Å². The third-order valence-electron chi connectivity index (χ3n) is 2.92. The van der Waals surface area contributed by atoms with Gasteiger partial charge in [-0.25, -0.2) is 9.97 Å². The summed E-state index contributed by atoms with van der Waals surface area (Å²) >= 11 is 1.49. The van der Waals surface area contributed by atoms with E-state index in [0.717, 1.165) is 24.6 Å². The van der Waals surface area contributed by atoms with Gasteiger partial charge in [0.2, 0.25) is 5.91 Å². The van der Waals surface area contributed by atoms with Gasteiger partial charge in [0.15, 0.2) is 5.16 Å². The highest BCUT2D eigenvalue weighted by molar-refractivity contribution is 7.98. The van der Waals surface area contributed by atoms with Crippen LogP contribution in [-0.2, 0) is 4.79 Å². The fraction of sp³-hybridized carbons (Fsp3) is 0.643. The van der Waals surface area contributed by atoms with Crippen molar-refractivity contribution < 1.29 is 4.79 Å². The van der Waals surface area contributed by atoms with Crippen LogP contribution in [-0.4, -0.2) is 41.3 Å². The van der Waals surface area contributed by atoms with Gasteiger partial charge in [-0.05, 0) is 26.5 Å². The van der Waals surface area contributed by atoms with Crippen molar-refractivity contribution in [1.29, 1.82) is 0 Å². The van der Waals surface area contributed by atoms with E-state index in [4.69, 9.17) is 0 Å². The van der Waals surface area contributed by atoms with Crippen LogP contribution >= 0.6 is 11.8 Å². The molecule has 21 heavy (non-hydrogen) atoms. The predicted molar refractivity (Wildman–Crippen MR) is 89.0 cm³/mol. The molecule has 0 saturated carbocycles. The molecule has 0 fully saturated rings. The fourth-order valence-electron chi connectivity index (χ4n) is 1.63. The molecule has 0 aliphatic heterocycles. The van der Waals surface area contributed by atoms with Crippen molar-refractivity contribution in [1.82, 2.24) is 15.3 Å². The van der Waals surface area contributed by atoms with E-state index in [1.807, 2.05) is 26.2 Å². The van der Waals surface area contributed by atoms with Gasteiger partial charge in [-0.2, -0.15) is 0 Å². The number of nitrogens with zero attached hydrogens (tertiary/aromatic N) is 2. The number of hydrogen-bond donors (Lipinski definition) is 3. The summed E-state index contributed by atoms with van der Waals surface area (Å²) in [5.41, 5.74) is 0. The van der Waals surface area contributed by atoms with Crippen molar-refractivity contribution in [2.24, 2.45) is 0 Å². The molecule has 1 heterocycles. The van der Waals surface area contributed by atoms with Crippen LogP contribution in [0.1, 0.15) is 33.6 Å². The van der Waals surface area contributed by atoms with Crippen LogP contribution in [0.4, 0.5) is 11.6 Å². The Balaban J connectivity index is 2.50. The first-order valence-electron chi connectivity index (χ1n) is 7.29. The zero-order valence-electron chi connectivity index (χ0n) is 13.2. The minimum atomic E-state index is 0.0582. The van der Waals surface area contributed by atoms with Gasteiger partial charge in [-0.3, -0.25) is 4.79 Å². The normalized spacial score (nSPS) is 11.8. The van der Waals surface area contributed by atoms with Crippen LogP contribution in [0.5, 0.6) is 0 Å². The third kappa shape index (κ3) is 6.66. The maximum atomic E-state index is 11.7. The van der Waals surface area contributed by atoms with Gasteiger partial charge >= 0.3 is 0 Å². The van der Waals surface area contributed by atoms with Gasteiger partial charge < -0.3 is 16.0 Å². The number of rotatable bonds is 9. The third-order valence-corrected chi connectivity index (χ3v) is 3.47. The standard InChI is InChI=1S/C14H25N5OS/c1-5-10(3)17-13(20)7-8-16-12-9-11(15-6-2)18-14(19-12)21-4/h9-10H,5-8H2,1-4H3,(H,17,20)(H2,15,16,18,19). The van der Waals surface area contributed by atoms with Crippen LogP contribution in [0.25, 0.3) is 0 Å². The number of carbonyl (C=O) groups excluding carboxylic acids is 1. The van der Waals surface area contributed by atoms with Crippen molar-refractivity contribution in [3.05, 3.63) is 6.07 Å². The van der Waals surface area contributed by atoms with Crippen molar-refractivity contribution in [2.75, 3.05) is 30.0 Å². The summed E-state index contributed by atoms with van der Waals surface area (Å²) in [7, 11) is 0. The summed E-state index contributed by atoms with van der Waals surface area (Å²) in [5.74, 6) is 1.59. The second-order valence-electron chi connectivity index (χ2n) is 4.71. The van der Waals surface area contributed by atoms with Gasteiger partial charge in [0, 0.05) is 31.6 Å². The number of anilines is 2. The fourth-order valence-corrected chi connectivity index (χ4v) is 2.01. The summed E-state index contributed by atoms with van der Waals surface area (Å²) in [6.07, 6.45) is 3.31. The SMILES string of the molecule is CCNc1cc(NCCC(=O)NC(C)CC)nc(SC)n1. The smallest absolute Gasteiger partial charge is 0.221 e. The lowest BCUT2D eigenvalue weighted by molar-refractivity contribution is -0.121. The van der Waals surface area contributed by atoms with Crippen LogP contribution in [0.3, 0.4) is 0 Å². The van der Waals surface area contributed by atoms with E-state index in [2.05, 4.69) is 32.8 Å². The molecule has 0 aromatic carbocycles. The molecular weight excluding hydrogens is 286 g/mol. The minimum Gasteiger partial charge on any atom is -0.370 e. The van der Waals surface area contributed by atoms with E-state index >= 15 is 0 Å². The molecule has 1 atom stereocenters. The van der Waals surface area contributed by atoms with Crippen molar-refractivity contribution in [2.45, 2.75) is 44.8 Å². The second kappa shape index (κ2) is 9.44. The average molecular weight is 311 g/mol. The number of hydrogen-bond acceptors (Lipinski definition) is 6. The molecule has 6 nitrogen and oxygen atoms in total. The van der Waals surface area contributed by atoms with E-state index in [1.165, 1.54) is 11.8 Å². The Morgan fingerprint density at radius 2 is 1.95 bits per heavy atom. The highest BCUT2D eigenvalue weighted by Crippen LogP contribution is 2.17. The van der Waals surface area contributed by atoms with Gasteiger partial charge in [-0.1, -0.05) is 18.7 Å². The summed E-state index contributed by atoms with van der Waals surface area (Å²) in [6, 6.07) is 2.08. The number of amides is 1. The van der Waals surface area contributed by atoms with E-state index in [1.54, 1.807) is 0 Å². The Hall–Kier alpha value is -1.50. The van der Waals surface area contributed by atoms with Gasteiger partial charge in [0.25, 0.3) is 0 Å². The zero-order valence-corrected chi connectivity index (χ0v) is 14.0. The molecule has 0 saturated heterocycles. The van der Waals surface area contributed by atoms with Gasteiger partial charge in [-0.15, -0.1) is 0 Å². The van der Waals surface area contributed by atoms with Crippen LogP contribution in [0.2, 0.25) is 0 Å². The molecule has 0 bridgehead atoms. The summed E-state index contributed by atoms with van der Waals surface area (Å²) in [4.78, 5) is 20.4. The Labute approximate surface area is 130 Å². The molecule has 1 aromatic rings. The Morgan fingerprint density at radius 1 is 1.29 bits per heavy atom. The Kier molecular flexibility index (Phi) is 7.89. The van der Waals surface area contributed by atoms with E-state index in [9.17, 15) is 4.79 Å². The topological polar surface area (TPSA) is 78.9 Å². The lowest BCUT2D eigenvalue weighted by Gasteiger charge is -2.12. The number of aromatic nitrogens is 2. The lowest BCUT2D eigenvalue weighted by atomic mass is 10.2. The van der Waals surface area contributed by atoms with Crippen LogP contribution in [0, 0.1) is 0 Å². The molecule has 1 aromatic heterocycles. The van der Waals surface area contributed by atoms with E-state index in [0.29, 0.717) is 18.1 Å². The summed E-state index contributed by atoms with van der Waals surface area (Å²) in [5, 5.41) is 10.00. The molecule has 1 rings (SSSR count). The first kappa shape index (κ1) is 17.6. The molecule has 0 spiro atoms. The number of carbonyl (C=O) groups is 1. The first-order chi connectivity index (χ1) is 10.1. The highest BCUT2D eigenvalue weighted by atomic mass is 32.2. The predicted octanol–water partition coefficient (Wildman–Crippen LogP) is 2.35. The Bertz CT molecular complexity index is 455. The number of nitrogens with one attached hydrogen (secondary N) is 3. The summed E-state index contributed by atoms with van der Waals surface area (Å²) < 4.78 is 0. The monoisotopic (exact) mass is 311 g/mol. The quantitative estimate of drug-likeness (QED) is 0.480. The van der Waals surface area contributed by atoms with E-state index in [-0.39, 0.29) is 11.9 Å². The molecule has 0 aliphatic carbocycles. The number of thioether (sulfide) groups is 1. The highest BCUT2D eigenvalue weighted by Gasteiger charge is 2.06. The van der Waals surface area contributed by atoms with Gasteiger partial charge in [0.1, 0.15) is 11.6 Å². The molecule has 1 unspecified atom stereocenters. The first-order valence-corrected chi connectivity index (χ1v) is 8.51. The molecule has 0 radical (unpaired) electrons.